The summed E-state index contributed by atoms with van der Waals surface area (Å²) in [5.41, 5.74) is 1.41. The van der Waals surface area contributed by atoms with Crippen LogP contribution in [0.1, 0.15) is 36.8 Å². The fourth-order valence-corrected chi connectivity index (χ4v) is 4.35. The quantitative estimate of drug-likeness (QED) is 0.685. The number of hydrogen-bond acceptors (Lipinski definition) is 5. The van der Waals surface area contributed by atoms with Crippen LogP contribution in [0.3, 0.4) is 0 Å². The predicted octanol–water partition coefficient (Wildman–Crippen LogP) is 3.25. The highest BCUT2D eigenvalue weighted by Gasteiger charge is 2.37. The van der Waals surface area contributed by atoms with E-state index < -0.39 is 24.1 Å². The molecule has 156 valence electrons. The number of carbonyl (C=O) groups is 1. The maximum Gasteiger partial charge on any atom is 0.246 e. The minimum absolute atomic E-state index is 0.0626. The Hall–Kier alpha value is -3.01. The number of carbonyl (C=O) groups excluding carboxylic acids is 1. The van der Waals surface area contributed by atoms with Gasteiger partial charge in [-0.1, -0.05) is 0 Å². The third-order valence-electron chi connectivity index (χ3n) is 5.77. The summed E-state index contributed by atoms with van der Waals surface area (Å²) in [6, 6.07) is 4.39. The Morgan fingerprint density at radius 3 is 2.70 bits per heavy atom. The van der Waals surface area contributed by atoms with E-state index in [1.54, 1.807) is 10.7 Å². The van der Waals surface area contributed by atoms with Gasteiger partial charge >= 0.3 is 0 Å². The smallest absolute Gasteiger partial charge is 0.246 e. The highest BCUT2D eigenvalue weighted by Crippen LogP contribution is 2.42. The van der Waals surface area contributed by atoms with Crippen molar-refractivity contribution in [1.29, 1.82) is 0 Å². The first-order valence-electron chi connectivity index (χ1n) is 9.84. The van der Waals surface area contributed by atoms with Crippen molar-refractivity contribution >= 4 is 22.6 Å². The summed E-state index contributed by atoms with van der Waals surface area (Å²) in [5, 5.41) is 11.2. The first-order valence-corrected chi connectivity index (χ1v) is 9.84. The number of amides is 1. The fraction of sp³-hybridized carbons (Fsp3) is 0.400. The molecule has 5 rings (SSSR count). The molecule has 3 aromatic rings. The molecule has 0 aliphatic carbocycles. The van der Waals surface area contributed by atoms with Crippen LogP contribution in [0, 0.1) is 5.82 Å². The maximum atomic E-state index is 14.1. The molecule has 7 nitrogen and oxygen atoms in total. The van der Waals surface area contributed by atoms with Crippen LogP contribution in [0.4, 0.5) is 19.0 Å². The number of fused-ring (bicyclic) bond motifs is 2. The average molecular weight is 416 g/mol. The van der Waals surface area contributed by atoms with Gasteiger partial charge in [0.05, 0.1) is 17.5 Å². The summed E-state index contributed by atoms with van der Waals surface area (Å²) in [6.45, 7) is 1.64. The molecule has 4 heterocycles. The van der Waals surface area contributed by atoms with E-state index in [9.17, 15) is 18.0 Å². The van der Waals surface area contributed by atoms with E-state index in [4.69, 9.17) is 5.10 Å². The summed E-state index contributed by atoms with van der Waals surface area (Å²) in [5.74, 6) is -2.16. The molecule has 0 unspecified atom stereocenters. The number of piperidine rings is 1. The van der Waals surface area contributed by atoms with Gasteiger partial charge in [-0.25, -0.2) is 23.1 Å². The molecule has 30 heavy (non-hydrogen) atoms. The van der Waals surface area contributed by atoms with E-state index in [1.165, 1.54) is 18.5 Å². The average Bonchev–Trinajstić information content (AvgIpc) is 3.11. The number of hydrogen-bond donors (Lipinski definition) is 2. The topological polar surface area (TPSA) is 84.7 Å². The molecule has 1 amide bonds. The molecule has 2 aliphatic heterocycles. The fourth-order valence-electron chi connectivity index (χ4n) is 4.35. The van der Waals surface area contributed by atoms with Crippen molar-refractivity contribution in [2.45, 2.75) is 37.6 Å². The summed E-state index contributed by atoms with van der Waals surface area (Å²) >= 11 is 0. The molecule has 1 fully saturated rings. The molecule has 1 aromatic carbocycles. The second kappa shape index (κ2) is 7.35. The second-order valence-corrected chi connectivity index (χ2v) is 7.61. The number of anilines is 1. The van der Waals surface area contributed by atoms with Crippen molar-refractivity contribution < 1.29 is 18.0 Å². The van der Waals surface area contributed by atoms with Gasteiger partial charge < -0.3 is 10.6 Å². The second-order valence-electron chi connectivity index (χ2n) is 7.61. The van der Waals surface area contributed by atoms with Crippen molar-refractivity contribution in [2.24, 2.45) is 0 Å². The normalized spacial score (nSPS) is 19.9. The highest BCUT2D eigenvalue weighted by atomic mass is 19.3. The summed E-state index contributed by atoms with van der Waals surface area (Å²) < 4.78 is 43.5. The molecule has 1 atom stereocenters. The molecule has 0 spiro atoms. The Morgan fingerprint density at radius 2 is 1.93 bits per heavy atom. The Morgan fingerprint density at radius 1 is 1.13 bits per heavy atom. The van der Waals surface area contributed by atoms with Gasteiger partial charge in [0.1, 0.15) is 29.4 Å². The third-order valence-corrected chi connectivity index (χ3v) is 5.77. The van der Waals surface area contributed by atoms with Gasteiger partial charge in [0.2, 0.25) is 12.3 Å². The molecular weight excluding hydrogens is 397 g/mol. The number of nitrogens with zero attached hydrogens (tertiary/aromatic N) is 4. The Balaban J connectivity index is 1.73. The molecule has 0 bridgehead atoms. The van der Waals surface area contributed by atoms with Crippen LogP contribution >= 0.6 is 0 Å². The Bertz CT molecular complexity index is 1130. The van der Waals surface area contributed by atoms with Crippen molar-refractivity contribution in [3.63, 3.8) is 0 Å². The first kappa shape index (κ1) is 19.0. The zero-order valence-corrected chi connectivity index (χ0v) is 15.9. The van der Waals surface area contributed by atoms with Crippen molar-refractivity contribution in [1.82, 2.24) is 25.1 Å². The Kier molecular flexibility index (Phi) is 4.65. The maximum absolute atomic E-state index is 14.1. The third kappa shape index (κ3) is 3.11. The molecule has 2 N–H and O–H groups in total. The van der Waals surface area contributed by atoms with Crippen LogP contribution in [-0.2, 0) is 4.79 Å². The zero-order chi connectivity index (χ0) is 20.8. The lowest BCUT2D eigenvalue weighted by atomic mass is 9.90. The lowest BCUT2D eigenvalue weighted by Crippen LogP contribution is -2.30. The first-order chi connectivity index (χ1) is 14.5. The van der Waals surface area contributed by atoms with Crippen LogP contribution in [0.15, 0.2) is 24.5 Å². The van der Waals surface area contributed by atoms with E-state index in [-0.39, 0.29) is 29.5 Å². The number of nitrogens with one attached hydrogen (secondary N) is 2. The van der Waals surface area contributed by atoms with Crippen LogP contribution in [0.5, 0.6) is 0 Å². The van der Waals surface area contributed by atoms with Gasteiger partial charge in [0.15, 0.2) is 0 Å². The SMILES string of the molecule is O=C1C[C@@H](C(F)F)c2c(ncnc2-c2nn(C3CCNCC3)c3cc(F)ccc23)N1. The van der Waals surface area contributed by atoms with Gasteiger partial charge in [0.25, 0.3) is 0 Å². The van der Waals surface area contributed by atoms with Gasteiger partial charge in [-0.3, -0.25) is 9.48 Å². The molecule has 10 heteroatoms. The number of benzene rings is 1. The molecule has 2 aromatic heterocycles. The molecule has 0 saturated carbocycles. The molecular formula is C20H19F3N6O. The van der Waals surface area contributed by atoms with Crippen molar-refractivity contribution in [2.75, 3.05) is 18.4 Å². The lowest BCUT2D eigenvalue weighted by molar-refractivity contribution is -0.117. The number of rotatable bonds is 3. The van der Waals surface area contributed by atoms with E-state index in [1.807, 2.05) is 0 Å². The summed E-state index contributed by atoms with van der Waals surface area (Å²) in [7, 11) is 0. The van der Waals surface area contributed by atoms with Crippen LogP contribution < -0.4 is 10.6 Å². The summed E-state index contributed by atoms with van der Waals surface area (Å²) in [6.07, 6.45) is -0.239. The minimum Gasteiger partial charge on any atom is -0.317 e. The summed E-state index contributed by atoms with van der Waals surface area (Å²) in [4.78, 5) is 20.2. The van der Waals surface area contributed by atoms with Crippen LogP contribution in [0.25, 0.3) is 22.3 Å². The zero-order valence-electron chi connectivity index (χ0n) is 15.9. The number of halogens is 3. The standard InChI is InChI=1S/C20H19F3N6O/c21-10-1-2-12-14(7-10)29(11-3-5-24-6-4-11)28-17(12)18-16-13(19(22)23)8-15(30)27-20(16)26-9-25-18/h1-2,7,9,11,13,19,24H,3-6,8H2,(H,25,26,27,30)/t13-/m1/s1. The van der Waals surface area contributed by atoms with Gasteiger partial charge in [-0.2, -0.15) is 5.10 Å². The van der Waals surface area contributed by atoms with Crippen molar-refractivity contribution in [3.8, 4) is 11.4 Å². The van der Waals surface area contributed by atoms with Crippen LogP contribution in [-0.4, -0.2) is 45.2 Å². The van der Waals surface area contributed by atoms with E-state index in [2.05, 4.69) is 20.6 Å². The van der Waals surface area contributed by atoms with Gasteiger partial charge in [-0.05, 0) is 44.1 Å². The largest absolute Gasteiger partial charge is 0.317 e. The van der Waals surface area contributed by atoms with Gasteiger partial charge in [0, 0.05) is 17.4 Å². The van der Waals surface area contributed by atoms with E-state index in [0.29, 0.717) is 16.6 Å². The van der Waals surface area contributed by atoms with Gasteiger partial charge in [-0.15, -0.1) is 0 Å². The monoisotopic (exact) mass is 416 g/mol. The Labute approximate surface area is 169 Å². The highest BCUT2D eigenvalue weighted by molar-refractivity contribution is 5.98. The lowest BCUT2D eigenvalue weighted by Gasteiger charge is -2.25. The van der Waals surface area contributed by atoms with Crippen LogP contribution in [0.2, 0.25) is 0 Å². The number of alkyl halides is 2. The molecule has 2 aliphatic rings. The number of aromatic nitrogens is 4. The molecule has 0 radical (unpaired) electrons. The van der Waals surface area contributed by atoms with E-state index in [0.717, 1.165) is 25.9 Å². The predicted molar refractivity (Wildman–Crippen MR) is 104 cm³/mol. The minimum atomic E-state index is -2.75. The van der Waals surface area contributed by atoms with Crippen molar-refractivity contribution in [3.05, 3.63) is 35.9 Å². The van der Waals surface area contributed by atoms with E-state index >= 15 is 0 Å². The molecule has 1 saturated heterocycles.